The van der Waals surface area contributed by atoms with Gasteiger partial charge >= 0.3 is 0 Å². The maximum Gasteiger partial charge on any atom is 0.165 e. The maximum atomic E-state index is 8.86. The molecule has 6 nitrogen and oxygen atoms in total. The number of hydrogen-bond acceptors (Lipinski definition) is 6. The molecule has 0 aliphatic carbocycles. The largest absolute Gasteiger partial charge is 0.493 e. The standard InChI is InChI=1S/C20H27NO5/c1-23-18-6-4-5-16(20(18)25-3)14-21-10-9-15-7-8-17(26-12-11-22)19(13-15)24-2/h4-8,13,21-22H,9-12,14H2,1-3H3. The molecule has 0 radical (unpaired) electrons. The summed E-state index contributed by atoms with van der Waals surface area (Å²) in [6, 6.07) is 11.7. The van der Waals surface area contributed by atoms with Gasteiger partial charge in [0.25, 0.3) is 0 Å². The Morgan fingerprint density at radius 2 is 1.73 bits per heavy atom. The molecule has 0 atom stereocenters. The quantitative estimate of drug-likeness (QED) is 0.599. The molecule has 2 aromatic rings. The Morgan fingerprint density at radius 1 is 0.923 bits per heavy atom. The van der Waals surface area contributed by atoms with E-state index in [1.54, 1.807) is 21.3 Å². The first kappa shape index (κ1) is 19.9. The van der Waals surface area contributed by atoms with Gasteiger partial charge in [-0.15, -0.1) is 0 Å². The minimum Gasteiger partial charge on any atom is -0.493 e. The summed E-state index contributed by atoms with van der Waals surface area (Å²) in [7, 11) is 4.89. The van der Waals surface area contributed by atoms with E-state index in [2.05, 4.69) is 5.32 Å². The maximum absolute atomic E-state index is 8.86. The lowest BCUT2D eigenvalue weighted by Gasteiger charge is -2.14. The van der Waals surface area contributed by atoms with Crippen LogP contribution >= 0.6 is 0 Å². The zero-order chi connectivity index (χ0) is 18.8. The van der Waals surface area contributed by atoms with Gasteiger partial charge in [-0.25, -0.2) is 0 Å². The van der Waals surface area contributed by atoms with E-state index >= 15 is 0 Å². The summed E-state index contributed by atoms with van der Waals surface area (Å²) in [6.45, 7) is 1.72. The fourth-order valence-electron chi connectivity index (χ4n) is 2.69. The molecule has 6 heteroatoms. The number of aliphatic hydroxyl groups excluding tert-OH is 1. The second-order valence-electron chi connectivity index (χ2n) is 5.64. The van der Waals surface area contributed by atoms with E-state index in [1.807, 2.05) is 36.4 Å². The van der Waals surface area contributed by atoms with Gasteiger partial charge in [0.1, 0.15) is 6.61 Å². The molecule has 0 fully saturated rings. The van der Waals surface area contributed by atoms with Gasteiger partial charge in [-0.05, 0) is 36.7 Å². The topological polar surface area (TPSA) is 69.2 Å². The fourth-order valence-corrected chi connectivity index (χ4v) is 2.69. The Morgan fingerprint density at radius 3 is 2.42 bits per heavy atom. The molecular weight excluding hydrogens is 334 g/mol. The molecule has 0 bridgehead atoms. The summed E-state index contributed by atoms with van der Waals surface area (Å²) < 4.78 is 21.6. The molecule has 0 aromatic heterocycles. The predicted octanol–water partition coefficient (Wildman–Crippen LogP) is 2.42. The van der Waals surface area contributed by atoms with E-state index in [0.29, 0.717) is 18.0 Å². The van der Waals surface area contributed by atoms with Gasteiger partial charge in [0.2, 0.25) is 0 Å². The van der Waals surface area contributed by atoms with E-state index < -0.39 is 0 Å². The van der Waals surface area contributed by atoms with Gasteiger partial charge in [-0.3, -0.25) is 0 Å². The predicted molar refractivity (Wildman–Crippen MR) is 101 cm³/mol. The molecule has 0 saturated heterocycles. The third-order valence-corrected chi connectivity index (χ3v) is 3.97. The number of rotatable bonds is 11. The molecule has 0 amide bonds. The van der Waals surface area contributed by atoms with Crippen molar-refractivity contribution in [3.05, 3.63) is 47.5 Å². The smallest absolute Gasteiger partial charge is 0.165 e. The number of nitrogens with one attached hydrogen (secondary N) is 1. The summed E-state index contributed by atoms with van der Waals surface area (Å²) in [4.78, 5) is 0. The van der Waals surface area contributed by atoms with Crippen LogP contribution in [0.1, 0.15) is 11.1 Å². The van der Waals surface area contributed by atoms with Crippen LogP contribution in [0.25, 0.3) is 0 Å². The van der Waals surface area contributed by atoms with Gasteiger partial charge in [-0.2, -0.15) is 0 Å². The molecule has 0 spiro atoms. The Hall–Kier alpha value is -2.44. The van der Waals surface area contributed by atoms with Crippen molar-refractivity contribution in [2.75, 3.05) is 41.1 Å². The SMILES string of the molecule is COc1cc(CCNCc2cccc(OC)c2OC)ccc1OCCO. The van der Waals surface area contributed by atoms with E-state index in [-0.39, 0.29) is 13.2 Å². The lowest BCUT2D eigenvalue weighted by Crippen LogP contribution is -2.17. The van der Waals surface area contributed by atoms with Crippen LogP contribution in [0, 0.1) is 0 Å². The molecule has 2 aromatic carbocycles. The zero-order valence-corrected chi connectivity index (χ0v) is 15.6. The molecule has 0 saturated carbocycles. The highest BCUT2D eigenvalue weighted by atomic mass is 16.5. The molecular formula is C20H27NO5. The summed E-state index contributed by atoms with van der Waals surface area (Å²) in [5, 5.41) is 12.3. The molecule has 142 valence electrons. The van der Waals surface area contributed by atoms with Crippen molar-refractivity contribution in [3.63, 3.8) is 0 Å². The zero-order valence-electron chi connectivity index (χ0n) is 15.6. The van der Waals surface area contributed by atoms with Gasteiger partial charge in [0.15, 0.2) is 23.0 Å². The average molecular weight is 361 g/mol. The Kier molecular flexibility index (Phi) is 8.05. The first-order valence-corrected chi connectivity index (χ1v) is 8.54. The highest BCUT2D eigenvalue weighted by Crippen LogP contribution is 2.30. The van der Waals surface area contributed by atoms with Gasteiger partial charge in [-0.1, -0.05) is 18.2 Å². The Bertz CT molecular complexity index is 690. The van der Waals surface area contributed by atoms with Crippen molar-refractivity contribution in [2.24, 2.45) is 0 Å². The molecule has 0 aliphatic heterocycles. The van der Waals surface area contributed by atoms with Crippen molar-refractivity contribution in [1.82, 2.24) is 5.32 Å². The van der Waals surface area contributed by atoms with Gasteiger partial charge < -0.3 is 29.4 Å². The van der Waals surface area contributed by atoms with Crippen LogP contribution in [0.15, 0.2) is 36.4 Å². The highest BCUT2D eigenvalue weighted by molar-refractivity contribution is 5.46. The van der Waals surface area contributed by atoms with Gasteiger partial charge in [0.05, 0.1) is 27.9 Å². The monoisotopic (exact) mass is 361 g/mol. The molecule has 0 aliphatic rings. The first-order valence-electron chi connectivity index (χ1n) is 8.54. The molecule has 26 heavy (non-hydrogen) atoms. The second kappa shape index (κ2) is 10.5. The number of hydrogen-bond donors (Lipinski definition) is 2. The summed E-state index contributed by atoms with van der Waals surface area (Å²) in [5.41, 5.74) is 2.19. The lowest BCUT2D eigenvalue weighted by molar-refractivity contribution is 0.196. The van der Waals surface area contributed by atoms with Gasteiger partial charge in [0, 0.05) is 12.1 Å². The van der Waals surface area contributed by atoms with Crippen molar-refractivity contribution < 1.29 is 24.1 Å². The molecule has 0 heterocycles. The summed E-state index contributed by atoms with van der Waals surface area (Å²) in [5.74, 6) is 2.80. The average Bonchev–Trinajstić information content (AvgIpc) is 2.69. The number of para-hydroxylation sites is 1. The Balaban J connectivity index is 1.90. The number of ether oxygens (including phenoxy) is 4. The van der Waals surface area contributed by atoms with E-state index in [0.717, 1.165) is 35.6 Å². The fraction of sp³-hybridized carbons (Fsp3) is 0.400. The van der Waals surface area contributed by atoms with E-state index in [4.69, 9.17) is 24.1 Å². The van der Waals surface area contributed by atoms with Crippen LogP contribution < -0.4 is 24.3 Å². The number of aliphatic hydroxyl groups is 1. The van der Waals surface area contributed by atoms with Crippen molar-refractivity contribution in [1.29, 1.82) is 0 Å². The van der Waals surface area contributed by atoms with Crippen LogP contribution in [0.5, 0.6) is 23.0 Å². The molecule has 0 unspecified atom stereocenters. The van der Waals surface area contributed by atoms with Crippen LogP contribution in [-0.2, 0) is 13.0 Å². The number of benzene rings is 2. The van der Waals surface area contributed by atoms with Crippen molar-refractivity contribution in [2.45, 2.75) is 13.0 Å². The summed E-state index contributed by atoms with van der Waals surface area (Å²) >= 11 is 0. The molecule has 2 rings (SSSR count). The minimum absolute atomic E-state index is 0.0252. The van der Waals surface area contributed by atoms with Crippen molar-refractivity contribution >= 4 is 0 Å². The Labute approximate surface area is 154 Å². The van der Waals surface area contributed by atoms with Crippen LogP contribution in [0.3, 0.4) is 0 Å². The van der Waals surface area contributed by atoms with E-state index in [9.17, 15) is 0 Å². The summed E-state index contributed by atoms with van der Waals surface area (Å²) in [6.07, 6.45) is 0.850. The normalized spacial score (nSPS) is 10.5. The van der Waals surface area contributed by atoms with E-state index in [1.165, 1.54) is 0 Å². The van der Waals surface area contributed by atoms with Crippen LogP contribution in [0.4, 0.5) is 0 Å². The highest BCUT2D eigenvalue weighted by Gasteiger charge is 2.09. The van der Waals surface area contributed by atoms with Crippen LogP contribution in [0.2, 0.25) is 0 Å². The van der Waals surface area contributed by atoms with Crippen LogP contribution in [-0.4, -0.2) is 46.2 Å². The molecule has 2 N–H and O–H groups in total. The second-order valence-corrected chi connectivity index (χ2v) is 5.64. The third-order valence-electron chi connectivity index (χ3n) is 3.97. The lowest BCUT2D eigenvalue weighted by atomic mass is 10.1. The van der Waals surface area contributed by atoms with Crippen molar-refractivity contribution in [3.8, 4) is 23.0 Å². The minimum atomic E-state index is -0.0252. The third kappa shape index (κ3) is 5.28. The first-order chi connectivity index (χ1) is 12.7. The number of methoxy groups -OCH3 is 3.